The lowest BCUT2D eigenvalue weighted by molar-refractivity contribution is 0.0976. The van der Waals surface area contributed by atoms with Gasteiger partial charge in [0.1, 0.15) is 0 Å². The minimum atomic E-state index is -0.0643. The van der Waals surface area contributed by atoms with E-state index in [0.717, 1.165) is 12.1 Å². The lowest BCUT2D eigenvalue weighted by Crippen LogP contribution is -2.46. The molecule has 0 radical (unpaired) electrons. The first kappa shape index (κ1) is 13.8. The molecule has 110 valence electrons. The molecule has 0 aliphatic carbocycles. The van der Waals surface area contributed by atoms with Gasteiger partial charge in [0.2, 0.25) is 5.95 Å². The average molecular weight is 286 g/mol. The number of rotatable bonds is 2. The first-order valence-electron chi connectivity index (χ1n) is 6.99. The van der Waals surface area contributed by atoms with Gasteiger partial charge < -0.3 is 9.64 Å². The summed E-state index contributed by atoms with van der Waals surface area (Å²) in [6.07, 6.45) is 3.40. The molecule has 2 aromatic rings. The highest BCUT2D eigenvalue weighted by atomic mass is 16.5. The van der Waals surface area contributed by atoms with Crippen molar-refractivity contribution in [1.82, 2.24) is 14.5 Å². The maximum atomic E-state index is 12.2. The molecule has 1 saturated heterocycles. The van der Waals surface area contributed by atoms with Crippen molar-refractivity contribution >= 4 is 5.95 Å². The Bertz CT molecular complexity index is 684. The molecule has 0 amide bonds. The number of morpholine rings is 1. The summed E-state index contributed by atoms with van der Waals surface area (Å²) >= 11 is 0. The van der Waals surface area contributed by atoms with Crippen LogP contribution in [0.5, 0.6) is 0 Å². The number of ether oxygens (including phenoxy) is 1. The third-order valence-electron chi connectivity index (χ3n) is 3.71. The average Bonchev–Trinajstić information content (AvgIpc) is 2.51. The molecule has 3 heterocycles. The van der Waals surface area contributed by atoms with Gasteiger partial charge in [0.15, 0.2) is 0 Å². The van der Waals surface area contributed by atoms with E-state index in [1.54, 1.807) is 30.1 Å². The SMILES string of the molecule is C[C@@H]1COCCN1c1nc(-c2ccncc2)cc(=O)n1C. The van der Waals surface area contributed by atoms with Gasteiger partial charge >= 0.3 is 0 Å². The van der Waals surface area contributed by atoms with Crippen LogP contribution in [0.4, 0.5) is 5.95 Å². The molecule has 0 unspecified atom stereocenters. The highest BCUT2D eigenvalue weighted by Crippen LogP contribution is 2.20. The summed E-state index contributed by atoms with van der Waals surface area (Å²) in [7, 11) is 1.75. The number of aromatic nitrogens is 3. The van der Waals surface area contributed by atoms with Gasteiger partial charge in [-0.3, -0.25) is 14.3 Å². The Morgan fingerprint density at radius 2 is 2.10 bits per heavy atom. The molecule has 6 nitrogen and oxygen atoms in total. The highest BCUT2D eigenvalue weighted by molar-refractivity contribution is 5.59. The molecule has 3 rings (SSSR count). The monoisotopic (exact) mass is 286 g/mol. The van der Waals surface area contributed by atoms with Gasteiger partial charge in [-0.1, -0.05) is 0 Å². The van der Waals surface area contributed by atoms with E-state index in [2.05, 4.69) is 21.8 Å². The molecule has 2 aromatic heterocycles. The van der Waals surface area contributed by atoms with Gasteiger partial charge in [-0.15, -0.1) is 0 Å². The zero-order valence-corrected chi connectivity index (χ0v) is 12.2. The minimum Gasteiger partial charge on any atom is -0.377 e. The standard InChI is InChI=1S/C15H18N4O2/c1-11-10-21-8-7-19(11)15-17-13(9-14(20)18(15)2)12-3-5-16-6-4-12/h3-6,9,11H,7-8,10H2,1-2H3/t11-/m1/s1. The van der Waals surface area contributed by atoms with E-state index in [1.165, 1.54) is 0 Å². The van der Waals surface area contributed by atoms with Gasteiger partial charge in [0.05, 0.1) is 24.9 Å². The molecule has 0 spiro atoms. The Labute approximate surface area is 123 Å². The number of nitrogens with zero attached hydrogens (tertiary/aromatic N) is 4. The summed E-state index contributed by atoms with van der Waals surface area (Å²) in [5, 5.41) is 0. The number of hydrogen-bond acceptors (Lipinski definition) is 5. The molecule has 0 N–H and O–H groups in total. The van der Waals surface area contributed by atoms with E-state index in [9.17, 15) is 4.79 Å². The number of hydrogen-bond donors (Lipinski definition) is 0. The van der Waals surface area contributed by atoms with Crippen LogP contribution in [0.1, 0.15) is 6.92 Å². The van der Waals surface area contributed by atoms with Crippen LogP contribution in [-0.4, -0.2) is 40.3 Å². The summed E-state index contributed by atoms with van der Waals surface area (Å²) in [5.41, 5.74) is 1.50. The van der Waals surface area contributed by atoms with Crippen molar-refractivity contribution in [2.45, 2.75) is 13.0 Å². The normalized spacial score (nSPS) is 18.8. The lowest BCUT2D eigenvalue weighted by atomic mass is 10.2. The Morgan fingerprint density at radius 1 is 1.33 bits per heavy atom. The van der Waals surface area contributed by atoms with Crippen molar-refractivity contribution in [3.05, 3.63) is 40.9 Å². The van der Waals surface area contributed by atoms with Crippen LogP contribution in [0, 0.1) is 0 Å². The zero-order chi connectivity index (χ0) is 14.8. The number of anilines is 1. The van der Waals surface area contributed by atoms with Crippen LogP contribution in [-0.2, 0) is 11.8 Å². The second-order valence-electron chi connectivity index (χ2n) is 5.19. The molecule has 1 aliphatic rings. The minimum absolute atomic E-state index is 0.0643. The fourth-order valence-corrected chi connectivity index (χ4v) is 2.48. The molecule has 1 atom stereocenters. The summed E-state index contributed by atoms with van der Waals surface area (Å²) < 4.78 is 7.04. The molecule has 0 aromatic carbocycles. The van der Waals surface area contributed by atoms with E-state index >= 15 is 0 Å². The van der Waals surface area contributed by atoms with Crippen LogP contribution in [0.15, 0.2) is 35.4 Å². The van der Waals surface area contributed by atoms with Gasteiger partial charge in [0, 0.05) is 37.6 Å². The number of pyridine rings is 1. The summed E-state index contributed by atoms with van der Waals surface area (Å²) in [5.74, 6) is 0.685. The smallest absolute Gasteiger partial charge is 0.255 e. The Hall–Kier alpha value is -2.21. The third-order valence-corrected chi connectivity index (χ3v) is 3.71. The van der Waals surface area contributed by atoms with Crippen LogP contribution in [0.3, 0.4) is 0 Å². The molecule has 1 fully saturated rings. The first-order chi connectivity index (χ1) is 10.2. The molecule has 1 aliphatic heterocycles. The van der Waals surface area contributed by atoms with Crippen LogP contribution < -0.4 is 10.5 Å². The second kappa shape index (κ2) is 5.65. The Morgan fingerprint density at radius 3 is 2.81 bits per heavy atom. The maximum Gasteiger partial charge on any atom is 0.255 e. The molecule has 0 bridgehead atoms. The molecular formula is C15H18N4O2. The van der Waals surface area contributed by atoms with Gasteiger partial charge in [-0.2, -0.15) is 0 Å². The van der Waals surface area contributed by atoms with E-state index in [4.69, 9.17) is 4.74 Å². The summed E-state index contributed by atoms with van der Waals surface area (Å²) in [6.45, 7) is 4.11. The van der Waals surface area contributed by atoms with Crippen molar-refractivity contribution in [3.63, 3.8) is 0 Å². The maximum absolute atomic E-state index is 12.2. The van der Waals surface area contributed by atoms with E-state index in [0.29, 0.717) is 24.9 Å². The predicted molar refractivity (Wildman–Crippen MR) is 80.3 cm³/mol. The fourth-order valence-electron chi connectivity index (χ4n) is 2.48. The molecule has 0 saturated carbocycles. The van der Waals surface area contributed by atoms with Crippen molar-refractivity contribution in [3.8, 4) is 11.3 Å². The van der Waals surface area contributed by atoms with Gasteiger partial charge in [-0.25, -0.2) is 4.98 Å². The second-order valence-corrected chi connectivity index (χ2v) is 5.19. The predicted octanol–water partition coefficient (Wildman–Crippen LogP) is 1.07. The first-order valence-corrected chi connectivity index (χ1v) is 6.99. The highest BCUT2D eigenvalue weighted by Gasteiger charge is 2.23. The van der Waals surface area contributed by atoms with Crippen molar-refractivity contribution < 1.29 is 4.74 Å². The summed E-state index contributed by atoms with van der Waals surface area (Å²) in [4.78, 5) is 23.0. The van der Waals surface area contributed by atoms with Crippen molar-refractivity contribution in [1.29, 1.82) is 0 Å². The van der Waals surface area contributed by atoms with Crippen molar-refractivity contribution in [2.75, 3.05) is 24.7 Å². The topological polar surface area (TPSA) is 60.2 Å². The zero-order valence-electron chi connectivity index (χ0n) is 12.2. The van der Waals surface area contributed by atoms with Crippen molar-refractivity contribution in [2.24, 2.45) is 7.05 Å². The Kier molecular flexibility index (Phi) is 3.70. The largest absolute Gasteiger partial charge is 0.377 e. The molecule has 6 heteroatoms. The van der Waals surface area contributed by atoms with E-state index in [1.807, 2.05) is 12.1 Å². The van der Waals surface area contributed by atoms with Crippen LogP contribution in [0.2, 0.25) is 0 Å². The molecule has 21 heavy (non-hydrogen) atoms. The summed E-state index contributed by atoms with van der Waals surface area (Å²) in [6, 6.07) is 5.47. The van der Waals surface area contributed by atoms with Crippen LogP contribution in [0.25, 0.3) is 11.3 Å². The van der Waals surface area contributed by atoms with E-state index < -0.39 is 0 Å². The van der Waals surface area contributed by atoms with Gasteiger partial charge in [0.25, 0.3) is 5.56 Å². The van der Waals surface area contributed by atoms with E-state index in [-0.39, 0.29) is 11.6 Å². The lowest BCUT2D eigenvalue weighted by Gasteiger charge is -2.35. The quantitative estimate of drug-likeness (QED) is 0.826. The third kappa shape index (κ3) is 2.67. The van der Waals surface area contributed by atoms with Gasteiger partial charge in [-0.05, 0) is 19.1 Å². The fraction of sp³-hybridized carbons (Fsp3) is 0.400. The molecular weight excluding hydrogens is 268 g/mol. The Balaban J connectivity index is 2.08. The van der Waals surface area contributed by atoms with Crippen LogP contribution >= 0.6 is 0 Å².